The first-order chi connectivity index (χ1) is 13.9. The summed E-state index contributed by atoms with van der Waals surface area (Å²) >= 11 is 0. The van der Waals surface area contributed by atoms with Crippen LogP contribution in [0.4, 0.5) is 4.39 Å². The molecule has 0 spiro atoms. The van der Waals surface area contributed by atoms with Crippen molar-refractivity contribution in [1.29, 1.82) is 0 Å². The van der Waals surface area contributed by atoms with E-state index in [9.17, 15) is 29.6 Å². The number of aliphatic hydroxyl groups is 3. The molecule has 0 aliphatic heterocycles. The fourth-order valence-corrected chi connectivity index (χ4v) is 1.79. The summed E-state index contributed by atoms with van der Waals surface area (Å²) in [6.07, 6.45) is 5.24. The smallest absolute Gasteiger partial charge is 0.548 e. The van der Waals surface area contributed by atoms with Crippen molar-refractivity contribution in [2.75, 3.05) is 19.8 Å². The average molecular weight is 444 g/mol. The zero-order valence-electron chi connectivity index (χ0n) is 16.5. The van der Waals surface area contributed by atoms with Crippen molar-refractivity contribution in [2.24, 2.45) is 0 Å². The Balaban J connectivity index is 0.00000841. The van der Waals surface area contributed by atoms with Crippen LogP contribution in [0.2, 0.25) is 0 Å². The van der Waals surface area contributed by atoms with Gasteiger partial charge in [0.2, 0.25) is 0 Å². The maximum absolute atomic E-state index is 12.8. The number of aliphatic hydroxyl groups excluding tert-OH is 3. The Labute approximate surface area is 216 Å². The Bertz CT molecular complexity index is 766. The minimum atomic E-state index is -1.41. The summed E-state index contributed by atoms with van der Waals surface area (Å²) in [5.41, 5.74) is 0. The van der Waals surface area contributed by atoms with Gasteiger partial charge in [0.05, 0.1) is 19.2 Å². The second-order valence-electron chi connectivity index (χ2n) is 5.67. The molecule has 3 atom stereocenters. The molecule has 0 heterocycles. The topological polar surface area (TPSA) is 119 Å². The summed E-state index contributed by atoms with van der Waals surface area (Å²) in [4.78, 5) is 10.2. The minimum absolute atomic E-state index is 0. The summed E-state index contributed by atoms with van der Waals surface area (Å²) in [5.74, 6) is 3.99. The zero-order chi connectivity index (χ0) is 21.5. The van der Waals surface area contributed by atoms with Gasteiger partial charge in [-0.15, -0.1) is 0 Å². The Hall–Kier alpha value is -1.32. The molecule has 30 heavy (non-hydrogen) atoms. The Kier molecular flexibility index (Phi) is 16.6. The first-order valence-corrected chi connectivity index (χ1v) is 8.59. The van der Waals surface area contributed by atoms with Gasteiger partial charge in [-0.2, -0.15) is 0 Å². The maximum Gasteiger partial charge on any atom is 1.00 e. The summed E-state index contributed by atoms with van der Waals surface area (Å²) in [7, 11) is 0. The van der Waals surface area contributed by atoms with E-state index in [0.29, 0.717) is 5.75 Å². The number of carboxylic acid groups (broad SMARTS) is 1. The first kappa shape index (κ1) is 28.7. The third-order valence-electron chi connectivity index (χ3n) is 3.22. The van der Waals surface area contributed by atoms with Crippen LogP contribution in [0.1, 0.15) is 0 Å². The van der Waals surface area contributed by atoms with Crippen LogP contribution in [0.25, 0.3) is 0 Å². The number of benzene rings is 1. The molecule has 1 aromatic carbocycles. The van der Waals surface area contributed by atoms with E-state index in [4.69, 9.17) is 4.74 Å². The Morgan fingerprint density at radius 1 is 1.07 bits per heavy atom. The van der Waals surface area contributed by atoms with Crippen LogP contribution in [0.3, 0.4) is 0 Å². The van der Waals surface area contributed by atoms with Gasteiger partial charge in [0.25, 0.3) is 0 Å². The van der Waals surface area contributed by atoms with Crippen LogP contribution in [0.5, 0.6) is 5.75 Å². The SMILES string of the molecule is O=C([O-])COC[C@@H](O)[C@H](O)/C=C/C=C/C#C/C=C/[C@@H](O)COc1ccc(F)cc1.[K+]. The van der Waals surface area contributed by atoms with Crippen LogP contribution >= 0.6 is 0 Å². The van der Waals surface area contributed by atoms with Gasteiger partial charge in [0, 0.05) is 0 Å². The second-order valence-corrected chi connectivity index (χ2v) is 5.67. The largest absolute Gasteiger partial charge is 1.00 e. The molecule has 0 aliphatic carbocycles. The molecule has 0 fully saturated rings. The van der Waals surface area contributed by atoms with E-state index in [1.54, 1.807) is 0 Å². The third kappa shape index (κ3) is 14.6. The monoisotopic (exact) mass is 444 g/mol. The van der Waals surface area contributed by atoms with Gasteiger partial charge in [0.1, 0.15) is 36.5 Å². The number of ether oxygens (including phenoxy) is 2. The van der Waals surface area contributed by atoms with Gasteiger partial charge in [0.15, 0.2) is 0 Å². The van der Waals surface area contributed by atoms with Crippen LogP contribution in [-0.2, 0) is 9.53 Å². The molecule has 0 unspecified atom stereocenters. The van der Waals surface area contributed by atoms with Crippen molar-refractivity contribution in [3.8, 4) is 17.6 Å². The number of allylic oxidation sites excluding steroid dienone is 4. The van der Waals surface area contributed by atoms with E-state index < -0.39 is 30.9 Å². The van der Waals surface area contributed by atoms with Gasteiger partial charge in [-0.1, -0.05) is 30.1 Å². The van der Waals surface area contributed by atoms with Crippen LogP contribution in [-0.4, -0.2) is 59.4 Å². The predicted octanol–water partition coefficient (Wildman–Crippen LogP) is -3.27. The Morgan fingerprint density at radius 2 is 1.73 bits per heavy atom. The van der Waals surface area contributed by atoms with Gasteiger partial charge in [-0.25, -0.2) is 4.39 Å². The van der Waals surface area contributed by atoms with Crippen LogP contribution in [0.15, 0.2) is 60.7 Å². The summed E-state index contributed by atoms with van der Waals surface area (Å²) in [6.45, 7) is -1.01. The molecule has 7 nitrogen and oxygen atoms in total. The van der Waals surface area contributed by atoms with E-state index in [1.807, 2.05) is 0 Å². The summed E-state index contributed by atoms with van der Waals surface area (Å²) in [6, 6.07) is 5.43. The van der Waals surface area contributed by atoms with E-state index in [1.165, 1.54) is 60.7 Å². The molecule has 1 rings (SSSR count). The molecule has 0 bridgehead atoms. The molecule has 3 N–H and O–H groups in total. The Morgan fingerprint density at radius 3 is 2.40 bits per heavy atom. The fourth-order valence-electron chi connectivity index (χ4n) is 1.79. The van der Waals surface area contributed by atoms with Gasteiger partial charge < -0.3 is 34.7 Å². The summed E-state index contributed by atoms with van der Waals surface area (Å²) < 4.78 is 22.7. The number of halogens is 1. The van der Waals surface area contributed by atoms with Crippen molar-refractivity contribution in [3.63, 3.8) is 0 Å². The average Bonchev–Trinajstić information content (AvgIpc) is 2.69. The molecule has 0 amide bonds. The molecule has 0 saturated carbocycles. The van der Waals surface area contributed by atoms with Gasteiger partial charge >= 0.3 is 51.4 Å². The van der Waals surface area contributed by atoms with Gasteiger partial charge in [-0.05, 0) is 42.5 Å². The number of aliphatic carboxylic acids is 1. The molecule has 0 aliphatic rings. The van der Waals surface area contributed by atoms with E-state index >= 15 is 0 Å². The molecule has 0 saturated heterocycles. The molecule has 9 heteroatoms. The zero-order valence-corrected chi connectivity index (χ0v) is 19.6. The first-order valence-electron chi connectivity index (χ1n) is 8.59. The van der Waals surface area contributed by atoms with E-state index in [2.05, 4.69) is 16.6 Å². The third-order valence-corrected chi connectivity index (χ3v) is 3.22. The van der Waals surface area contributed by atoms with Crippen LogP contribution in [0, 0.1) is 17.7 Å². The van der Waals surface area contributed by atoms with Crippen molar-refractivity contribution >= 4 is 5.97 Å². The molecule has 0 aromatic heterocycles. The minimum Gasteiger partial charge on any atom is -0.548 e. The predicted molar refractivity (Wildman–Crippen MR) is 101 cm³/mol. The number of hydrogen-bond acceptors (Lipinski definition) is 7. The molecule has 0 radical (unpaired) electrons. The maximum atomic E-state index is 12.8. The number of rotatable bonds is 11. The summed E-state index contributed by atoms with van der Waals surface area (Å²) in [5, 5.41) is 39.0. The number of hydrogen-bond donors (Lipinski definition) is 3. The van der Waals surface area contributed by atoms with Crippen molar-refractivity contribution < 1.29 is 90.5 Å². The molecule has 156 valence electrons. The quantitative estimate of drug-likeness (QED) is 0.186. The van der Waals surface area contributed by atoms with E-state index in [-0.39, 0.29) is 70.4 Å². The van der Waals surface area contributed by atoms with Crippen LogP contribution < -0.4 is 61.2 Å². The van der Waals surface area contributed by atoms with Crippen molar-refractivity contribution in [2.45, 2.75) is 18.3 Å². The van der Waals surface area contributed by atoms with Crippen molar-refractivity contribution in [3.05, 3.63) is 66.5 Å². The molecule has 1 aromatic rings. The van der Waals surface area contributed by atoms with E-state index in [0.717, 1.165) is 0 Å². The molecular weight excluding hydrogens is 422 g/mol. The fraction of sp³-hybridized carbons (Fsp3) is 0.286. The number of carbonyl (C=O) groups is 1. The number of carbonyl (C=O) groups excluding carboxylic acids is 1. The second kappa shape index (κ2) is 17.4. The van der Waals surface area contributed by atoms with Gasteiger partial charge in [-0.3, -0.25) is 0 Å². The van der Waals surface area contributed by atoms with Crippen molar-refractivity contribution in [1.82, 2.24) is 0 Å². The molecular formula is C21H22FKO7. The number of carboxylic acids is 1. The normalized spacial score (nSPS) is 14.1. The standard InChI is InChI=1S/C21H23FO7.K/c22-16-9-11-18(12-10-16)29-13-17(23)7-5-3-1-2-4-6-8-19(24)20(25)14-28-15-21(26)27;/h2,4-12,17,19-20,23-25H,13-15H2,(H,26,27);/q;+1/p-1/b4-2+,7-5+,8-6+;/t17-,19-,20-;/m1./s1.